The second kappa shape index (κ2) is 8.08. The Labute approximate surface area is 106 Å². The maximum atomic E-state index is 9.88. The molecule has 0 bridgehead atoms. The first-order valence-electron chi connectivity index (χ1n) is 6.15. The van der Waals surface area contributed by atoms with E-state index in [1.807, 2.05) is 32.9 Å². The van der Waals surface area contributed by atoms with Crippen molar-refractivity contribution in [1.82, 2.24) is 0 Å². The molecule has 0 radical (unpaired) electrons. The van der Waals surface area contributed by atoms with Crippen molar-refractivity contribution in [3.8, 4) is 0 Å². The second-order valence-electron chi connectivity index (χ2n) is 4.99. The molecule has 96 valence electrons. The van der Waals surface area contributed by atoms with Crippen molar-refractivity contribution in [2.24, 2.45) is 0 Å². The van der Waals surface area contributed by atoms with Gasteiger partial charge in [-0.25, -0.2) is 0 Å². The number of aliphatic hydroxyl groups is 1. The van der Waals surface area contributed by atoms with Crippen LogP contribution in [0.4, 0.5) is 0 Å². The second-order valence-corrected chi connectivity index (χ2v) is 4.99. The Morgan fingerprint density at radius 2 is 1.65 bits per heavy atom. The molecule has 0 aromatic rings. The highest BCUT2D eigenvalue weighted by Crippen LogP contribution is 2.09. The van der Waals surface area contributed by atoms with Gasteiger partial charge in [0.1, 0.15) is 0 Å². The van der Waals surface area contributed by atoms with Gasteiger partial charge in [0.15, 0.2) is 0 Å². The number of hydrogen-bond donors (Lipinski definition) is 1. The van der Waals surface area contributed by atoms with E-state index in [9.17, 15) is 5.11 Å². The molecule has 0 spiro atoms. The number of allylic oxidation sites excluding steroid dienone is 6. The highest BCUT2D eigenvalue weighted by molar-refractivity contribution is 5.26. The zero-order valence-electron chi connectivity index (χ0n) is 12.0. The summed E-state index contributed by atoms with van der Waals surface area (Å²) in [5.41, 5.74) is 4.83. The third kappa shape index (κ3) is 7.76. The van der Waals surface area contributed by atoms with Crippen LogP contribution in [-0.2, 0) is 0 Å². The molecule has 0 saturated heterocycles. The number of aliphatic hydroxyl groups excluding tert-OH is 1. The van der Waals surface area contributed by atoms with Crippen LogP contribution in [0.1, 0.15) is 48.0 Å². The highest BCUT2D eigenvalue weighted by Gasteiger charge is 2.02. The van der Waals surface area contributed by atoms with Crippen LogP contribution in [-0.4, -0.2) is 11.2 Å². The third-order valence-electron chi connectivity index (χ3n) is 2.77. The SMILES string of the molecule is CC(C)=CC[C@H](O)/C(C)=C/C=C/C(C)=C(C)C. The average Bonchev–Trinajstić information content (AvgIpc) is 2.25. The van der Waals surface area contributed by atoms with Crippen molar-refractivity contribution >= 4 is 0 Å². The zero-order valence-corrected chi connectivity index (χ0v) is 12.0. The standard InChI is InChI=1S/C16H26O/c1-12(2)10-11-16(17)15(6)9-7-8-14(5)13(3)4/h7-10,16-17H,11H2,1-6H3/b8-7+,15-9+/t16-/m0/s1. The van der Waals surface area contributed by atoms with Crippen LogP contribution in [0, 0.1) is 0 Å². The molecule has 0 unspecified atom stereocenters. The maximum absolute atomic E-state index is 9.88. The molecule has 1 N–H and O–H groups in total. The summed E-state index contributed by atoms with van der Waals surface area (Å²) in [6.45, 7) is 12.3. The number of hydrogen-bond acceptors (Lipinski definition) is 1. The monoisotopic (exact) mass is 234 g/mol. The maximum Gasteiger partial charge on any atom is 0.0784 e. The minimum absolute atomic E-state index is 0.374. The van der Waals surface area contributed by atoms with Crippen LogP contribution in [0.25, 0.3) is 0 Å². The smallest absolute Gasteiger partial charge is 0.0784 e. The van der Waals surface area contributed by atoms with E-state index < -0.39 is 0 Å². The molecular weight excluding hydrogens is 208 g/mol. The quantitative estimate of drug-likeness (QED) is 0.546. The van der Waals surface area contributed by atoms with Gasteiger partial charge in [0.05, 0.1) is 6.10 Å². The van der Waals surface area contributed by atoms with Crippen molar-refractivity contribution in [2.45, 2.75) is 54.1 Å². The molecule has 0 rings (SSSR count). The molecule has 0 amide bonds. The van der Waals surface area contributed by atoms with E-state index in [2.05, 4.69) is 32.9 Å². The van der Waals surface area contributed by atoms with Crippen molar-refractivity contribution in [2.75, 3.05) is 0 Å². The molecular formula is C16H26O. The third-order valence-corrected chi connectivity index (χ3v) is 2.77. The van der Waals surface area contributed by atoms with Crippen molar-refractivity contribution < 1.29 is 5.11 Å². The average molecular weight is 234 g/mol. The van der Waals surface area contributed by atoms with Gasteiger partial charge in [0.25, 0.3) is 0 Å². The summed E-state index contributed by atoms with van der Waals surface area (Å²) in [5, 5.41) is 9.88. The number of rotatable bonds is 5. The summed E-state index contributed by atoms with van der Waals surface area (Å²) in [4.78, 5) is 0. The fourth-order valence-electron chi connectivity index (χ4n) is 1.16. The minimum Gasteiger partial charge on any atom is -0.388 e. The fraction of sp³-hybridized carbons (Fsp3) is 0.500. The van der Waals surface area contributed by atoms with Crippen LogP contribution < -0.4 is 0 Å². The first-order valence-corrected chi connectivity index (χ1v) is 6.15. The van der Waals surface area contributed by atoms with E-state index in [-0.39, 0.29) is 6.10 Å². The molecule has 0 aromatic carbocycles. The molecule has 0 aliphatic carbocycles. The molecule has 0 aliphatic heterocycles. The van der Waals surface area contributed by atoms with E-state index in [4.69, 9.17) is 0 Å². The lowest BCUT2D eigenvalue weighted by Gasteiger charge is -2.08. The van der Waals surface area contributed by atoms with Gasteiger partial charge >= 0.3 is 0 Å². The van der Waals surface area contributed by atoms with Gasteiger partial charge in [0.2, 0.25) is 0 Å². The summed E-state index contributed by atoms with van der Waals surface area (Å²) in [6.07, 6.45) is 8.44. The van der Waals surface area contributed by atoms with Gasteiger partial charge in [0, 0.05) is 0 Å². The summed E-state index contributed by atoms with van der Waals surface area (Å²) in [5.74, 6) is 0. The van der Waals surface area contributed by atoms with E-state index in [0.717, 1.165) is 5.57 Å². The summed E-state index contributed by atoms with van der Waals surface area (Å²) >= 11 is 0. The summed E-state index contributed by atoms with van der Waals surface area (Å²) < 4.78 is 0. The van der Waals surface area contributed by atoms with Gasteiger partial charge in [-0.1, -0.05) is 41.0 Å². The normalized spacial score (nSPS) is 13.7. The largest absolute Gasteiger partial charge is 0.388 e. The van der Waals surface area contributed by atoms with Crippen LogP contribution in [0.5, 0.6) is 0 Å². The lowest BCUT2D eigenvalue weighted by atomic mass is 10.1. The van der Waals surface area contributed by atoms with Gasteiger partial charge in [-0.2, -0.15) is 0 Å². The molecule has 0 heterocycles. The molecule has 1 nitrogen and oxygen atoms in total. The highest BCUT2D eigenvalue weighted by atomic mass is 16.3. The van der Waals surface area contributed by atoms with Crippen LogP contribution in [0.2, 0.25) is 0 Å². The van der Waals surface area contributed by atoms with E-state index in [0.29, 0.717) is 6.42 Å². The first-order chi connectivity index (χ1) is 7.84. The zero-order chi connectivity index (χ0) is 13.4. The van der Waals surface area contributed by atoms with Crippen molar-refractivity contribution in [1.29, 1.82) is 0 Å². The lowest BCUT2D eigenvalue weighted by Crippen LogP contribution is -2.06. The Morgan fingerprint density at radius 3 is 2.12 bits per heavy atom. The van der Waals surface area contributed by atoms with Crippen molar-refractivity contribution in [3.63, 3.8) is 0 Å². The Bertz CT molecular complexity index is 346. The first kappa shape index (κ1) is 15.9. The van der Waals surface area contributed by atoms with E-state index in [1.54, 1.807) is 0 Å². The Kier molecular flexibility index (Phi) is 7.56. The van der Waals surface area contributed by atoms with Crippen LogP contribution >= 0.6 is 0 Å². The van der Waals surface area contributed by atoms with E-state index >= 15 is 0 Å². The topological polar surface area (TPSA) is 20.2 Å². The molecule has 0 saturated carbocycles. The molecule has 1 heteroatoms. The fourth-order valence-corrected chi connectivity index (χ4v) is 1.16. The predicted octanol–water partition coefficient (Wildman–Crippen LogP) is 4.56. The molecule has 17 heavy (non-hydrogen) atoms. The van der Waals surface area contributed by atoms with Gasteiger partial charge in [-0.15, -0.1) is 0 Å². The lowest BCUT2D eigenvalue weighted by molar-refractivity contribution is 0.214. The molecule has 0 aromatic heterocycles. The van der Waals surface area contributed by atoms with E-state index in [1.165, 1.54) is 16.7 Å². The van der Waals surface area contributed by atoms with Crippen LogP contribution in [0.15, 0.2) is 46.6 Å². The molecule has 1 atom stereocenters. The van der Waals surface area contributed by atoms with Gasteiger partial charge < -0.3 is 5.11 Å². The van der Waals surface area contributed by atoms with Gasteiger partial charge in [-0.05, 0) is 53.5 Å². The van der Waals surface area contributed by atoms with Gasteiger partial charge in [-0.3, -0.25) is 0 Å². The predicted molar refractivity (Wildman–Crippen MR) is 77.0 cm³/mol. The minimum atomic E-state index is -0.374. The Morgan fingerprint density at radius 1 is 1.06 bits per heavy atom. The Balaban J connectivity index is 4.45. The molecule has 0 fully saturated rings. The Hall–Kier alpha value is -1.08. The van der Waals surface area contributed by atoms with Crippen LogP contribution in [0.3, 0.4) is 0 Å². The summed E-state index contributed by atoms with van der Waals surface area (Å²) in [7, 11) is 0. The van der Waals surface area contributed by atoms with Crippen molar-refractivity contribution in [3.05, 3.63) is 46.6 Å². The summed E-state index contributed by atoms with van der Waals surface area (Å²) in [6, 6.07) is 0. The molecule has 0 aliphatic rings.